The van der Waals surface area contributed by atoms with Gasteiger partial charge in [0.25, 0.3) is 0 Å². The van der Waals surface area contributed by atoms with Crippen LogP contribution in [0, 0.1) is 5.82 Å². The number of amides is 1. The van der Waals surface area contributed by atoms with Crippen molar-refractivity contribution in [2.45, 2.75) is 25.1 Å². The lowest BCUT2D eigenvalue weighted by atomic mass is 10.1. The number of hydrogen-bond donors (Lipinski definition) is 1. The molecule has 0 aliphatic rings. The molecule has 23 heavy (non-hydrogen) atoms. The summed E-state index contributed by atoms with van der Waals surface area (Å²) in [5, 5.41) is 5.88. The van der Waals surface area contributed by atoms with Crippen LogP contribution in [0.3, 0.4) is 0 Å². The fourth-order valence-corrected chi connectivity index (χ4v) is 2.10. The first kappa shape index (κ1) is 17.0. The average molecular weight is 329 g/mol. The third-order valence-corrected chi connectivity index (χ3v) is 3.24. The molecule has 0 bridgehead atoms. The van der Waals surface area contributed by atoms with Gasteiger partial charge >= 0.3 is 6.18 Å². The molecule has 2 aromatic rings. The van der Waals surface area contributed by atoms with Crippen LogP contribution < -0.4 is 5.32 Å². The van der Waals surface area contributed by atoms with Crippen molar-refractivity contribution in [1.29, 1.82) is 0 Å². The molecule has 1 aromatic heterocycles. The van der Waals surface area contributed by atoms with Gasteiger partial charge in [-0.1, -0.05) is 12.1 Å². The first-order valence-electron chi connectivity index (χ1n) is 6.85. The predicted octanol–water partition coefficient (Wildman–Crippen LogP) is 2.91. The van der Waals surface area contributed by atoms with Gasteiger partial charge in [0, 0.05) is 19.7 Å². The summed E-state index contributed by atoms with van der Waals surface area (Å²) < 4.78 is 53.7. The van der Waals surface area contributed by atoms with E-state index >= 15 is 0 Å². The lowest BCUT2D eigenvalue weighted by Gasteiger charge is -2.22. The average Bonchev–Trinajstić information content (AvgIpc) is 2.88. The maximum Gasteiger partial charge on any atom is 0.412 e. The summed E-state index contributed by atoms with van der Waals surface area (Å²) >= 11 is 0. The number of carbonyl (C=O) groups is 1. The molecule has 0 unspecified atom stereocenters. The minimum atomic E-state index is -4.66. The van der Waals surface area contributed by atoms with Crippen LogP contribution in [0.25, 0.3) is 0 Å². The van der Waals surface area contributed by atoms with E-state index < -0.39 is 23.9 Å². The van der Waals surface area contributed by atoms with Crippen molar-refractivity contribution < 1.29 is 22.4 Å². The summed E-state index contributed by atoms with van der Waals surface area (Å²) in [6.45, 7) is 0. The van der Waals surface area contributed by atoms with Crippen molar-refractivity contribution in [3.63, 3.8) is 0 Å². The molecule has 0 saturated heterocycles. The van der Waals surface area contributed by atoms with Gasteiger partial charge in [0.05, 0.1) is 6.20 Å². The highest BCUT2D eigenvalue weighted by Gasteiger charge is 2.41. The van der Waals surface area contributed by atoms with E-state index in [0.29, 0.717) is 0 Å². The molecule has 1 atom stereocenters. The lowest BCUT2D eigenvalue weighted by Crippen LogP contribution is -2.38. The largest absolute Gasteiger partial charge is 0.412 e. The van der Waals surface area contributed by atoms with Crippen LogP contribution in [0.2, 0.25) is 0 Å². The van der Waals surface area contributed by atoms with Crippen molar-refractivity contribution in [3.05, 3.63) is 53.6 Å². The first-order valence-corrected chi connectivity index (χ1v) is 6.85. The zero-order valence-corrected chi connectivity index (χ0v) is 12.3. The molecule has 1 heterocycles. The molecule has 2 rings (SSSR count). The van der Waals surface area contributed by atoms with Crippen molar-refractivity contribution in [2.75, 3.05) is 0 Å². The van der Waals surface area contributed by atoms with Crippen molar-refractivity contribution in [1.82, 2.24) is 15.1 Å². The Morgan fingerprint density at radius 3 is 2.48 bits per heavy atom. The van der Waals surface area contributed by atoms with Crippen LogP contribution in [-0.2, 0) is 18.3 Å². The van der Waals surface area contributed by atoms with Crippen molar-refractivity contribution >= 4 is 5.91 Å². The van der Waals surface area contributed by atoms with E-state index in [1.54, 1.807) is 24.1 Å². The summed E-state index contributed by atoms with van der Waals surface area (Å²) in [6, 6.07) is 1.71. The first-order chi connectivity index (χ1) is 10.8. The Hall–Kier alpha value is -2.38. The maximum atomic E-state index is 13.1. The zero-order valence-electron chi connectivity index (χ0n) is 12.3. The molecule has 0 radical (unpaired) electrons. The molecule has 1 aromatic carbocycles. The van der Waals surface area contributed by atoms with E-state index in [1.165, 1.54) is 0 Å². The number of benzene rings is 1. The molecule has 8 heteroatoms. The Morgan fingerprint density at radius 2 is 1.96 bits per heavy atom. The second kappa shape index (κ2) is 6.80. The van der Waals surface area contributed by atoms with Gasteiger partial charge in [-0.15, -0.1) is 0 Å². The van der Waals surface area contributed by atoms with Crippen LogP contribution in [0.4, 0.5) is 17.6 Å². The van der Waals surface area contributed by atoms with Crippen molar-refractivity contribution in [3.8, 4) is 0 Å². The molecule has 0 aliphatic carbocycles. The molecular weight excluding hydrogens is 314 g/mol. The number of hydrogen-bond acceptors (Lipinski definition) is 2. The molecule has 0 fully saturated rings. The van der Waals surface area contributed by atoms with Gasteiger partial charge in [-0.2, -0.15) is 18.3 Å². The molecule has 1 N–H and O–H groups in total. The van der Waals surface area contributed by atoms with Crippen LogP contribution in [0.15, 0.2) is 36.7 Å². The molecule has 0 saturated carbocycles. The molecular formula is C15H15F4N3O. The quantitative estimate of drug-likeness (QED) is 0.858. The summed E-state index contributed by atoms with van der Waals surface area (Å²) in [5.41, 5.74) is 0.543. The van der Waals surface area contributed by atoms with Gasteiger partial charge in [-0.3, -0.25) is 9.48 Å². The molecule has 0 aliphatic heterocycles. The van der Waals surface area contributed by atoms with Gasteiger partial charge in [0.2, 0.25) is 5.91 Å². The minimum Gasteiger partial charge on any atom is -0.341 e. The summed E-state index contributed by atoms with van der Waals surface area (Å²) in [5.74, 6) is -1.38. The SMILES string of the molecule is Cn1cc(CCC(=O)N[C@@H](c2ccc(F)cc2)C(F)(F)F)cn1. The normalized spacial score (nSPS) is 12.9. The number of carbonyl (C=O) groups excluding carboxylic acids is 1. The second-order valence-corrected chi connectivity index (χ2v) is 5.12. The number of alkyl halides is 3. The monoisotopic (exact) mass is 329 g/mol. The van der Waals surface area contributed by atoms with Crippen molar-refractivity contribution in [2.24, 2.45) is 7.05 Å². The Bertz CT molecular complexity index is 664. The zero-order chi connectivity index (χ0) is 17.0. The maximum absolute atomic E-state index is 13.1. The van der Waals surface area contributed by atoms with Gasteiger partial charge in [0.1, 0.15) is 5.82 Å². The van der Waals surface area contributed by atoms with Gasteiger partial charge in [-0.05, 0) is 29.7 Å². The van der Waals surface area contributed by atoms with Gasteiger partial charge in [0.15, 0.2) is 6.04 Å². The van der Waals surface area contributed by atoms with Crippen LogP contribution in [0.1, 0.15) is 23.6 Å². The topological polar surface area (TPSA) is 46.9 Å². The number of rotatable bonds is 5. The molecule has 4 nitrogen and oxygen atoms in total. The highest BCUT2D eigenvalue weighted by atomic mass is 19.4. The summed E-state index contributed by atoms with van der Waals surface area (Å²) in [4.78, 5) is 11.8. The fraction of sp³-hybridized carbons (Fsp3) is 0.333. The highest BCUT2D eigenvalue weighted by Crippen LogP contribution is 2.32. The predicted molar refractivity (Wildman–Crippen MR) is 74.9 cm³/mol. The summed E-state index contributed by atoms with van der Waals surface area (Å²) in [7, 11) is 1.71. The number of nitrogens with zero attached hydrogens (tertiary/aromatic N) is 2. The third-order valence-electron chi connectivity index (χ3n) is 3.24. The van der Waals surface area contributed by atoms with Crippen LogP contribution >= 0.6 is 0 Å². The van der Waals surface area contributed by atoms with E-state index in [9.17, 15) is 22.4 Å². The van der Waals surface area contributed by atoms with E-state index in [1.807, 2.05) is 5.32 Å². The number of nitrogens with one attached hydrogen (secondary N) is 1. The molecule has 124 valence electrons. The second-order valence-electron chi connectivity index (χ2n) is 5.12. The van der Waals surface area contributed by atoms with Crippen LogP contribution in [0.5, 0.6) is 0 Å². The number of aromatic nitrogens is 2. The summed E-state index contributed by atoms with van der Waals surface area (Å²) in [6.07, 6.45) is -1.24. The number of aryl methyl sites for hydroxylation is 2. The number of halogens is 4. The smallest absolute Gasteiger partial charge is 0.341 e. The highest BCUT2D eigenvalue weighted by molar-refractivity contribution is 5.76. The van der Waals surface area contributed by atoms with E-state index in [4.69, 9.17) is 0 Å². The molecule has 0 spiro atoms. The van der Waals surface area contributed by atoms with Crippen LogP contribution in [-0.4, -0.2) is 21.9 Å². The Balaban J connectivity index is 2.02. The Labute approximate surface area is 130 Å². The van der Waals surface area contributed by atoms with Gasteiger partial charge in [-0.25, -0.2) is 4.39 Å². The Kier molecular flexibility index (Phi) is 5.02. The Morgan fingerprint density at radius 1 is 1.30 bits per heavy atom. The molecule has 1 amide bonds. The third kappa shape index (κ3) is 4.80. The van der Waals surface area contributed by atoms with Gasteiger partial charge < -0.3 is 5.32 Å². The van der Waals surface area contributed by atoms with E-state index in [0.717, 1.165) is 29.8 Å². The minimum absolute atomic E-state index is 0.0977. The standard InChI is InChI=1S/C15H15F4N3O/c1-22-9-10(8-20-22)2-7-13(23)21-14(15(17,18)19)11-3-5-12(16)6-4-11/h3-6,8-9,14H,2,7H2,1H3,(H,21,23)/t14-/m0/s1. The lowest BCUT2D eigenvalue weighted by molar-refractivity contribution is -0.163. The van der Waals surface area contributed by atoms with E-state index in [-0.39, 0.29) is 18.4 Å². The fourth-order valence-electron chi connectivity index (χ4n) is 2.10. The van der Waals surface area contributed by atoms with E-state index in [2.05, 4.69) is 5.10 Å².